The van der Waals surface area contributed by atoms with E-state index in [-0.39, 0.29) is 5.91 Å². The van der Waals surface area contributed by atoms with Crippen LogP contribution >= 0.6 is 43.6 Å². The zero-order valence-electron chi connectivity index (χ0n) is 12.3. The number of aromatic nitrogens is 2. The summed E-state index contributed by atoms with van der Waals surface area (Å²) in [5.74, 6) is 0.303. The Bertz CT molecular complexity index is 879. The number of hydrogen-bond acceptors (Lipinski definition) is 2. The summed E-state index contributed by atoms with van der Waals surface area (Å²) in [6.07, 6.45) is 0. The second-order valence-electron chi connectivity index (χ2n) is 4.97. The van der Waals surface area contributed by atoms with E-state index < -0.39 is 0 Å². The number of amides is 1. The molecular weight excluding hydrogens is 442 g/mol. The number of nitrogens with zero attached hydrogens (tertiary/aromatic N) is 1. The maximum atomic E-state index is 12.1. The Morgan fingerprint density at radius 3 is 2.74 bits per heavy atom. The zero-order valence-corrected chi connectivity index (χ0v) is 16.3. The smallest absolute Gasteiger partial charge is 0.317 e. The molecule has 7 heteroatoms. The summed E-state index contributed by atoms with van der Waals surface area (Å²) in [4.78, 5) is 15.5. The number of carbonyl (C=O) groups is 1. The van der Waals surface area contributed by atoms with Crippen LogP contribution in [0.1, 0.15) is 0 Å². The molecule has 1 heterocycles. The van der Waals surface area contributed by atoms with Gasteiger partial charge in [-0.3, -0.25) is 4.79 Å². The summed E-state index contributed by atoms with van der Waals surface area (Å²) in [5.41, 5.74) is 2.95. The number of benzene rings is 2. The minimum absolute atomic E-state index is 0.0390. The Balaban J connectivity index is 1.66. The molecule has 0 saturated heterocycles. The molecule has 1 aromatic heterocycles. The van der Waals surface area contributed by atoms with Gasteiger partial charge in [0.05, 0.1) is 12.8 Å². The Labute approximate surface area is 154 Å². The van der Waals surface area contributed by atoms with Crippen LogP contribution < -0.4 is 9.88 Å². The Morgan fingerprint density at radius 2 is 2.00 bits per heavy atom. The maximum absolute atomic E-state index is 12.1. The van der Waals surface area contributed by atoms with Gasteiger partial charge in [0.1, 0.15) is 0 Å². The molecule has 2 N–H and O–H groups in total. The number of para-hydroxylation sites is 2. The van der Waals surface area contributed by atoms with E-state index >= 15 is 0 Å². The van der Waals surface area contributed by atoms with Crippen LogP contribution in [0.5, 0.6) is 0 Å². The maximum Gasteiger partial charge on any atom is 0.317 e. The lowest BCUT2D eigenvalue weighted by molar-refractivity contribution is -0.683. The molecule has 0 radical (unpaired) electrons. The lowest BCUT2D eigenvalue weighted by Crippen LogP contribution is -2.29. The molecule has 0 aliphatic rings. The SMILES string of the molecule is C[n+]1c(SCC(=O)Nc2ccc(Br)c(Br)c2)[nH]c2ccccc21. The van der Waals surface area contributed by atoms with Gasteiger partial charge in [0.2, 0.25) is 5.91 Å². The van der Waals surface area contributed by atoms with Gasteiger partial charge in [0.25, 0.3) is 0 Å². The summed E-state index contributed by atoms with van der Waals surface area (Å²) in [6, 6.07) is 13.7. The summed E-state index contributed by atoms with van der Waals surface area (Å²) in [6.45, 7) is 0. The van der Waals surface area contributed by atoms with Gasteiger partial charge in [0.15, 0.2) is 11.0 Å². The van der Waals surface area contributed by atoms with E-state index in [1.165, 1.54) is 11.8 Å². The first-order valence-corrected chi connectivity index (χ1v) is 9.46. The van der Waals surface area contributed by atoms with Crippen molar-refractivity contribution in [2.24, 2.45) is 7.05 Å². The van der Waals surface area contributed by atoms with Gasteiger partial charge >= 0.3 is 5.16 Å². The molecule has 0 unspecified atom stereocenters. The second-order valence-corrected chi connectivity index (χ2v) is 7.64. The van der Waals surface area contributed by atoms with Crippen LogP contribution in [0.3, 0.4) is 0 Å². The summed E-state index contributed by atoms with van der Waals surface area (Å²) in [7, 11) is 1.99. The van der Waals surface area contributed by atoms with Crippen molar-refractivity contribution < 1.29 is 9.36 Å². The van der Waals surface area contributed by atoms with Crippen LogP contribution in [-0.4, -0.2) is 16.6 Å². The van der Waals surface area contributed by atoms with Crippen molar-refractivity contribution in [1.29, 1.82) is 0 Å². The largest absolute Gasteiger partial charge is 0.325 e. The molecular formula is C16H14Br2N3OS+. The number of thioether (sulfide) groups is 1. The molecule has 0 bridgehead atoms. The minimum Gasteiger partial charge on any atom is -0.325 e. The number of hydrogen-bond donors (Lipinski definition) is 2. The van der Waals surface area contributed by atoms with Crippen molar-refractivity contribution in [3.63, 3.8) is 0 Å². The van der Waals surface area contributed by atoms with Gasteiger partial charge < -0.3 is 5.32 Å². The fourth-order valence-electron chi connectivity index (χ4n) is 2.22. The average Bonchev–Trinajstić information content (AvgIpc) is 2.86. The molecule has 2 aromatic carbocycles. The summed E-state index contributed by atoms with van der Waals surface area (Å²) >= 11 is 8.32. The molecule has 0 fully saturated rings. The molecule has 0 aliphatic heterocycles. The molecule has 0 atom stereocenters. The summed E-state index contributed by atoms with van der Waals surface area (Å²) < 4.78 is 3.92. The number of imidazole rings is 1. The van der Waals surface area contributed by atoms with E-state index in [1.54, 1.807) is 0 Å². The van der Waals surface area contributed by atoms with Crippen LogP contribution in [0.4, 0.5) is 5.69 Å². The fraction of sp³-hybridized carbons (Fsp3) is 0.125. The van der Waals surface area contributed by atoms with Crippen LogP contribution in [0, 0.1) is 0 Å². The van der Waals surface area contributed by atoms with Crippen molar-refractivity contribution in [3.05, 3.63) is 51.4 Å². The first kappa shape index (κ1) is 16.5. The van der Waals surface area contributed by atoms with Gasteiger partial charge in [-0.15, -0.1) is 0 Å². The molecule has 23 heavy (non-hydrogen) atoms. The van der Waals surface area contributed by atoms with E-state index in [0.717, 1.165) is 30.8 Å². The van der Waals surface area contributed by atoms with Gasteiger partial charge in [0, 0.05) is 14.6 Å². The monoisotopic (exact) mass is 454 g/mol. The van der Waals surface area contributed by atoms with E-state index in [0.29, 0.717) is 5.75 Å². The molecule has 118 valence electrons. The highest BCUT2D eigenvalue weighted by molar-refractivity contribution is 9.13. The van der Waals surface area contributed by atoms with Gasteiger partial charge in [-0.05, 0) is 74.0 Å². The minimum atomic E-state index is -0.0390. The van der Waals surface area contributed by atoms with Crippen LogP contribution in [0.25, 0.3) is 11.0 Å². The van der Waals surface area contributed by atoms with Crippen LogP contribution in [-0.2, 0) is 11.8 Å². The fourth-order valence-corrected chi connectivity index (χ4v) is 3.66. The Morgan fingerprint density at radius 1 is 1.22 bits per heavy atom. The molecule has 3 aromatic rings. The summed E-state index contributed by atoms with van der Waals surface area (Å²) in [5, 5.41) is 3.86. The number of anilines is 1. The van der Waals surface area contributed by atoms with Gasteiger partial charge in [-0.2, -0.15) is 0 Å². The first-order chi connectivity index (χ1) is 11.0. The Hall–Kier alpha value is -1.31. The number of halogens is 2. The number of aryl methyl sites for hydroxylation is 1. The number of aromatic amines is 1. The average molecular weight is 456 g/mol. The van der Waals surface area contributed by atoms with E-state index in [4.69, 9.17) is 0 Å². The van der Waals surface area contributed by atoms with Crippen molar-refractivity contribution in [2.45, 2.75) is 5.16 Å². The zero-order chi connectivity index (χ0) is 16.4. The third-order valence-electron chi connectivity index (χ3n) is 3.35. The number of carbonyl (C=O) groups excluding carboxylic acids is 1. The second kappa shape index (κ2) is 7.07. The van der Waals surface area contributed by atoms with Gasteiger partial charge in [-0.25, -0.2) is 9.55 Å². The lowest BCUT2D eigenvalue weighted by Gasteiger charge is -2.05. The number of nitrogens with one attached hydrogen (secondary N) is 2. The predicted molar refractivity (Wildman–Crippen MR) is 101 cm³/mol. The molecule has 4 nitrogen and oxygen atoms in total. The molecule has 3 rings (SSSR count). The predicted octanol–water partition coefficient (Wildman–Crippen LogP) is 4.25. The molecule has 0 spiro atoms. The molecule has 1 amide bonds. The Kier molecular flexibility index (Phi) is 5.08. The normalized spacial score (nSPS) is 10.9. The topological polar surface area (TPSA) is 48.8 Å². The van der Waals surface area contributed by atoms with E-state index in [1.807, 2.05) is 43.4 Å². The highest BCUT2D eigenvalue weighted by Crippen LogP contribution is 2.26. The highest BCUT2D eigenvalue weighted by atomic mass is 79.9. The van der Waals surface area contributed by atoms with Crippen molar-refractivity contribution in [2.75, 3.05) is 11.1 Å². The van der Waals surface area contributed by atoms with Crippen LogP contribution in [0.15, 0.2) is 56.6 Å². The quantitative estimate of drug-likeness (QED) is 0.456. The van der Waals surface area contributed by atoms with Gasteiger partial charge in [-0.1, -0.05) is 12.1 Å². The third kappa shape index (κ3) is 3.79. The standard InChI is InChI=1S/C16H13Br2N3OS/c1-21-14-5-3-2-4-13(14)20-16(21)23-9-15(22)19-10-6-7-11(17)12(18)8-10/h2-8H,9H2,1H3,(H,19,22)/p+1. The number of fused-ring (bicyclic) bond motifs is 1. The molecule has 0 aliphatic carbocycles. The number of H-pyrrole nitrogens is 1. The van der Waals surface area contributed by atoms with Crippen molar-refractivity contribution >= 4 is 66.2 Å². The number of rotatable bonds is 4. The van der Waals surface area contributed by atoms with E-state index in [2.05, 4.69) is 52.8 Å². The lowest BCUT2D eigenvalue weighted by atomic mass is 10.3. The third-order valence-corrected chi connectivity index (χ3v) is 6.29. The van der Waals surface area contributed by atoms with Crippen molar-refractivity contribution in [1.82, 2.24) is 4.98 Å². The van der Waals surface area contributed by atoms with Crippen LogP contribution in [0.2, 0.25) is 0 Å². The van der Waals surface area contributed by atoms with Crippen molar-refractivity contribution in [3.8, 4) is 0 Å². The first-order valence-electron chi connectivity index (χ1n) is 6.89. The highest BCUT2D eigenvalue weighted by Gasteiger charge is 2.16. The molecule has 0 saturated carbocycles. The van der Waals surface area contributed by atoms with E-state index in [9.17, 15) is 4.79 Å².